The number of carbonyl (C=O) groups is 1. The lowest BCUT2D eigenvalue weighted by atomic mass is 9.69. The van der Waals surface area contributed by atoms with E-state index in [9.17, 15) is 9.18 Å². The van der Waals surface area contributed by atoms with Crippen molar-refractivity contribution in [2.75, 3.05) is 25.0 Å². The van der Waals surface area contributed by atoms with E-state index in [4.69, 9.17) is 16.3 Å². The quantitative estimate of drug-likeness (QED) is 0.151. The molecule has 3 aromatic heterocycles. The SMILES string of the molecule is CC1(C)CC(CC(F)CNc2cccc(SNC(=O)c3ccc(-n4ccc(OCCC5CCC56CC6)n4)nc3Cl)n2)CN1. The number of nitrogens with zero attached hydrogens (tertiary/aromatic N) is 4. The highest BCUT2D eigenvalue weighted by Gasteiger charge is 2.54. The van der Waals surface area contributed by atoms with E-state index >= 15 is 0 Å². The van der Waals surface area contributed by atoms with E-state index < -0.39 is 12.1 Å². The average molecular weight is 628 g/mol. The molecule has 12 heteroatoms. The fourth-order valence-electron chi connectivity index (χ4n) is 6.40. The molecule has 0 radical (unpaired) electrons. The molecule has 0 aromatic carbocycles. The van der Waals surface area contributed by atoms with Gasteiger partial charge < -0.3 is 15.4 Å². The van der Waals surface area contributed by atoms with Gasteiger partial charge in [-0.1, -0.05) is 17.7 Å². The molecule has 2 aliphatic carbocycles. The van der Waals surface area contributed by atoms with E-state index in [-0.39, 0.29) is 22.8 Å². The van der Waals surface area contributed by atoms with E-state index in [1.54, 1.807) is 41.2 Å². The minimum absolute atomic E-state index is 0.0616. The third-order valence-corrected chi connectivity index (χ3v) is 10.1. The van der Waals surface area contributed by atoms with Gasteiger partial charge in [0.1, 0.15) is 22.2 Å². The smallest absolute Gasteiger partial charge is 0.264 e. The van der Waals surface area contributed by atoms with Crippen LogP contribution >= 0.6 is 23.5 Å². The normalized spacial score (nSPS) is 22.1. The number of carbonyl (C=O) groups excluding carboxylic acids is 1. The first kappa shape index (κ1) is 30.1. The average Bonchev–Trinajstić information content (AvgIpc) is 3.58. The van der Waals surface area contributed by atoms with Crippen LogP contribution in [-0.2, 0) is 0 Å². The van der Waals surface area contributed by atoms with E-state index in [1.165, 1.54) is 25.7 Å². The maximum atomic E-state index is 14.6. The van der Waals surface area contributed by atoms with Gasteiger partial charge in [0.25, 0.3) is 5.91 Å². The number of aromatic nitrogens is 4. The number of hydrogen-bond donors (Lipinski definition) is 3. The van der Waals surface area contributed by atoms with E-state index in [1.807, 2.05) is 6.07 Å². The molecule has 3 aliphatic rings. The van der Waals surface area contributed by atoms with Gasteiger partial charge in [-0.2, -0.15) is 0 Å². The van der Waals surface area contributed by atoms with Gasteiger partial charge in [-0.15, -0.1) is 5.10 Å². The Hall–Kier alpha value is -2.89. The molecule has 9 nitrogen and oxygen atoms in total. The molecular weight excluding hydrogens is 589 g/mol. The van der Waals surface area contributed by atoms with E-state index in [2.05, 4.69) is 44.3 Å². The lowest BCUT2D eigenvalue weighted by molar-refractivity contribution is 0.0984. The molecule has 230 valence electrons. The summed E-state index contributed by atoms with van der Waals surface area (Å²) in [5.41, 5.74) is 0.957. The van der Waals surface area contributed by atoms with Crippen molar-refractivity contribution in [1.82, 2.24) is 29.8 Å². The summed E-state index contributed by atoms with van der Waals surface area (Å²) in [6.07, 6.45) is 8.81. The minimum Gasteiger partial charge on any atom is -0.477 e. The summed E-state index contributed by atoms with van der Waals surface area (Å²) >= 11 is 7.45. The lowest BCUT2D eigenvalue weighted by Crippen LogP contribution is -2.31. The van der Waals surface area contributed by atoms with Crippen molar-refractivity contribution in [3.63, 3.8) is 0 Å². The Kier molecular flexibility index (Phi) is 8.84. The molecule has 0 bridgehead atoms. The first-order valence-corrected chi connectivity index (χ1v) is 16.3. The second-order valence-electron chi connectivity index (χ2n) is 12.8. The number of hydrogen-bond acceptors (Lipinski definition) is 8. The molecule has 3 N–H and O–H groups in total. The molecule has 1 spiro atoms. The van der Waals surface area contributed by atoms with Gasteiger partial charge >= 0.3 is 0 Å². The third-order valence-electron chi connectivity index (χ3n) is 9.08. The molecule has 1 aliphatic heterocycles. The van der Waals surface area contributed by atoms with Gasteiger partial charge in [0.05, 0.1) is 12.2 Å². The zero-order valence-corrected chi connectivity index (χ0v) is 26.2. The summed E-state index contributed by atoms with van der Waals surface area (Å²) in [5.74, 6) is 2.31. The Morgan fingerprint density at radius 1 is 1.23 bits per heavy atom. The zero-order valence-electron chi connectivity index (χ0n) is 24.6. The third kappa shape index (κ3) is 7.44. The number of rotatable bonds is 13. The number of halogens is 2. The predicted molar refractivity (Wildman–Crippen MR) is 167 cm³/mol. The van der Waals surface area contributed by atoms with Gasteiger partial charge in [0, 0.05) is 36.3 Å². The maximum Gasteiger partial charge on any atom is 0.264 e. The Bertz CT molecular complexity index is 1450. The first-order chi connectivity index (χ1) is 20.7. The molecule has 4 heterocycles. The second-order valence-corrected chi connectivity index (χ2v) is 14.0. The summed E-state index contributed by atoms with van der Waals surface area (Å²) in [6, 6.07) is 10.5. The van der Waals surface area contributed by atoms with Crippen LogP contribution in [0.15, 0.2) is 47.6 Å². The maximum absolute atomic E-state index is 14.6. The Morgan fingerprint density at radius 3 is 2.81 bits per heavy atom. The minimum atomic E-state index is -0.969. The molecule has 3 atom stereocenters. The number of nitrogens with one attached hydrogen (secondary N) is 3. The summed E-state index contributed by atoms with van der Waals surface area (Å²) in [4.78, 5) is 21.7. The molecular formula is C31H39ClFN7O2S. The number of anilines is 1. The van der Waals surface area contributed by atoms with Crippen LogP contribution in [-0.4, -0.2) is 57.1 Å². The fourth-order valence-corrected chi connectivity index (χ4v) is 7.24. The largest absolute Gasteiger partial charge is 0.477 e. The summed E-state index contributed by atoms with van der Waals surface area (Å²) in [6.45, 7) is 5.99. The molecule has 43 heavy (non-hydrogen) atoms. The van der Waals surface area contributed by atoms with Crippen molar-refractivity contribution in [2.24, 2.45) is 17.3 Å². The van der Waals surface area contributed by atoms with Crippen LogP contribution in [0.4, 0.5) is 10.2 Å². The van der Waals surface area contributed by atoms with Crippen LogP contribution in [0.2, 0.25) is 5.15 Å². The van der Waals surface area contributed by atoms with E-state index in [0.717, 1.165) is 37.3 Å². The molecule has 2 saturated carbocycles. The number of ether oxygens (including phenoxy) is 1. The molecule has 3 aromatic rings. The lowest BCUT2D eigenvalue weighted by Gasteiger charge is -2.37. The van der Waals surface area contributed by atoms with Crippen molar-refractivity contribution in [1.29, 1.82) is 0 Å². The Balaban J connectivity index is 0.960. The highest BCUT2D eigenvalue weighted by Crippen LogP contribution is 2.65. The first-order valence-electron chi connectivity index (χ1n) is 15.1. The van der Waals surface area contributed by atoms with Crippen LogP contribution < -0.4 is 20.1 Å². The molecule has 6 rings (SSSR count). The van der Waals surface area contributed by atoms with Crippen molar-refractivity contribution in [2.45, 2.75) is 75.5 Å². The monoisotopic (exact) mass is 627 g/mol. The van der Waals surface area contributed by atoms with Crippen LogP contribution in [0.25, 0.3) is 5.82 Å². The standard InChI is InChI=1S/C31H39ClFN7O2S/c1-30(2)17-20(18-35-30)16-22(33)19-34-24-4-3-5-27(36-24)43-39-29(41)23-6-7-25(37-28(23)32)40-14-9-26(38-40)42-15-10-21-8-11-31(21)12-13-31/h3-7,9,14,20-22,35H,8,10-13,15-19H2,1-2H3,(H,34,36)(H,39,41). The Morgan fingerprint density at radius 2 is 2.09 bits per heavy atom. The van der Waals surface area contributed by atoms with Gasteiger partial charge in [0.2, 0.25) is 5.88 Å². The zero-order chi connectivity index (χ0) is 30.0. The topological polar surface area (TPSA) is 106 Å². The van der Waals surface area contributed by atoms with Crippen molar-refractivity contribution >= 4 is 35.3 Å². The Labute approximate surface area is 261 Å². The van der Waals surface area contributed by atoms with Gasteiger partial charge in [0.15, 0.2) is 5.82 Å². The van der Waals surface area contributed by atoms with Crippen molar-refractivity contribution in [3.8, 4) is 11.7 Å². The van der Waals surface area contributed by atoms with Crippen LogP contribution in [0.5, 0.6) is 5.88 Å². The van der Waals surface area contributed by atoms with Gasteiger partial charge in [-0.05, 0) is 107 Å². The van der Waals surface area contributed by atoms with Gasteiger partial charge in [-0.3, -0.25) is 9.52 Å². The summed E-state index contributed by atoms with van der Waals surface area (Å²) < 4.78 is 24.8. The second kappa shape index (κ2) is 12.6. The number of alkyl halides is 1. The summed E-state index contributed by atoms with van der Waals surface area (Å²) in [5, 5.41) is 11.6. The fraction of sp³-hybridized carbons (Fsp3) is 0.548. The van der Waals surface area contributed by atoms with E-state index in [0.29, 0.717) is 46.9 Å². The highest BCUT2D eigenvalue weighted by molar-refractivity contribution is 7.97. The van der Waals surface area contributed by atoms with Crippen LogP contribution in [0.1, 0.15) is 69.2 Å². The molecule has 1 saturated heterocycles. The molecule has 1 amide bonds. The van der Waals surface area contributed by atoms with Crippen molar-refractivity contribution in [3.05, 3.63) is 53.3 Å². The predicted octanol–water partition coefficient (Wildman–Crippen LogP) is 6.24. The molecule has 3 unspecified atom stereocenters. The van der Waals surface area contributed by atoms with Crippen LogP contribution in [0, 0.1) is 17.3 Å². The molecule has 3 fully saturated rings. The van der Waals surface area contributed by atoms with Crippen molar-refractivity contribution < 1.29 is 13.9 Å². The number of pyridine rings is 2. The summed E-state index contributed by atoms with van der Waals surface area (Å²) in [7, 11) is 0. The highest BCUT2D eigenvalue weighted by atomic mass is 35.5. The van der Waals surface area contributed by atoms with Gasteiger partial charge in [-0.25, -0.2) is 19.0 Å². The number of amides is 1. The van der Waals surface area contributed by atoms with Crippen LogP contribution in [0.3, 0.4) is 0 Å².